The van der Waals surface area contributed by atoms with Crippen molar-refractivity contribution >= 4 is 67.3 Å². The predicted molar refractivity (Wildman–Crippen MR) is 108 cm³/mol. The number of nitrogens with two attached hydrogens (primary N) is 1. The van der Waals surface area contributed by atoms with Crippen LogP contribution in [0.25, 0.3) is 0 Å². The normalized spacial score (nSPS) is 17.6. The molecule has 0 spiro atoms. The number of aromatic nitrogens is 1. The van der Waals surface area contributed by atoms with Gasteiger partial charge in [0.05, 0.1) is 12.0 Å². The van der Waals surface area contributed by atoms with Gasteiger partial charge in [0.25, 0.3) is 17.1 Å². The maximum absolute atomic E-state index is 12.7. The average molecular weight is 554 g/mol. The summed E-state index contributed by atoms with van der Waals surface area (Å²) in [6.45, 7) is -0.993. The van der Waals surface area contributed by atoms with Crippen molar-refractivity contribution in [1.29, 1.82) is 0 Å². The first-order valence-corrected chi connectivity index (χ1v) is 11.6. The third kappa shape index (κ3) is 8.61. The van der Waals surface area contributed by atoms with Crippen LogP contribution in [-0.2, 0) is 29.5 Å². The van der Waals surface area contributed by atoms with E-state index < -0.39 is 57.7 Å². The van der Waals surface area contributed by atoms with E-state index in [9.17, 15) is 37.3 Å². The number of carbonyl (C=O) groups is 4. The van der Waals surface area contributed by atoms with Gasteiger partial charge in [-0.3, -0.25) is 14.4 Å². The summed E-state index contributed by atoms with van der Waals surface area (Å²) >= 11 is 1.56. The van der Waals surface area contributed by atoms with Crippen LogP contribution < -0.4 is 75.3 Å². The first-order chi connectivity index (χ1) is 14.8. The number of nitrogen functional groups attached to an aromatic ring is 1. The van der Waals surface area contributed by atoms with Crippen molar-refractivity contribution in [3.8, 4) is 0 Å². The summed E-state index contributed by atoms with van der Waals surface area (Å²) < 4.78 is 34.3. The minimum absolute atomic E-state index is 0. The quantitative estimate of drug-likeness (QED) is 0.0953. The molecule has 0 aliphatic carbocycles. The van der Waals surface area contributed by atoms with E-state index in [1.165, 1.54) is 24.4 Å². The number of carboxylic acid groups (broad SMARTS) is 1. The summed E-state index contributed by atoms with van der Waals surface area (Å²) in [4.78, 5) is 56.7. The molecule has 0 bridgehead atoms. The zero-order valence-corrected chi connectivity index (χ0v) is 24.9. The van der Waals surface area contributed by atoms with Gasteiger partial charge in [-0.05, 0) is 0 Å². The van der Waals surface area contributed by atoms with Crippen LogP contribution in [0, 0.1) is 0 Å². The largest absolute Gasteiger partial charge is 1.00 e. The first-order valence-electron chi connectivity index (χ1n) is 8.38. The summed E-state index contributed by atoms with van der Waals surface area (Å²) in [5.74, 6) is -4.25. The molecule has 176 valence electrons. The van der Waals surface area contributed by atoms with Gasteiger partial charge in [-0.25, -0.2) is 17.7 Å². The Balaban J connectivity index is 0.00000544. The van der Waals surface area contributed by atoms with Crippen LogP contribution in [0.2, 0.25) is 0 Å². The number of anilines is 1. The molecule has 0 unspecified atom stereocenters. The van der Waals surface area contributed by atoms with Gasteiger partial charge in [-0.1, -0.05) is 16.9 Å². The summed E-state index contributed by atoms with van der Waals surface area (Å²) in [5.41, 5.74) is 4.83. The second-order valence-corrected chi connectivity index (χ2v) is 9.35. The summed E-state index contributed by atoms with van der Waals surface area (Å²) in [6, 6.07) is -2.84. The topological polar surface area (TPSA) is 228 Å². The molecule has 3 amide bonds. The van der Waals surface area contributed by atoms with E-state index in [0.29, 0.717) is 11.8 Å². The number of carbonyl (C=O) groups excluding carboxylic acids is 4. The van der Waals surface area contributed by atoms with E-state index in [1.54, 1.807) is 0 Å². The van der Waals surface area contributed by atoms with Crippen LogP contribution in [0.5, 0.6) is 0 Å². The molecular weight excluding hydrogens is 538 g/mol. The molecule has 2 rings (SSSR count). The van der Waals surface area contributed by atoms with Gasteiger partial charge in [0.1, 0.15) is 11.7 Å². The number of nitrogens with one attached hydrogen (secondary N) is 1. The molecule has 1 fully saturated rings. The maximum atomic E-state index is 12.7. The van der Waals surface area contributed by atoms with Crippen molar-refractivity contribution in [1.82, 2.24) is 19.5 Å². The van der Waals surface area contributed by atoms with Crippen molar-refractivity contribution in [2.75, 3.05) is 32.2 Å². The molecule has 1 aliphatic heterocycles. The Hall–Kier alpha value is -0.960. The molecule has 1 aromatic rings. The van der Waals surface area contributed by atoms with E-state index in [0.717, 1.165) is 11.3 Å². The van der Waals surface area contributed by atoms with Gasteiger partial charge in [-0.2, -0.15) is 0 Å². The number of oxime groups is 1. The fourth-order valence-electron chi connectivity index (χ4n) is 2.36. The number of thiazole rings is 1. The monoisotopic (exact) mass is 554 g/mol. The number of nitrogens with zero attached hydrogens (tertiary/aromatic N) is 4. The molecular formula is C14H16N6Na2O9S3. The molecule has 2 atom stereocenters. The summed E-state index contributed by atoms with van der Waals surface area (Å²) in [6.07, 6.45) is 0. The Morgan fingerprint density at radius 2 is 2.00 bits per heavy atom. The van der Waals surface area contributed by atoms with Crippen molar-refractivity contribution in [2.45, 2.75) is 12.1 Å². The molecule has 15 nitrogen and oxygen atoms in total. The molecule has 0 saturated carbocycles. The molecule has 2 heterocycles. The smallest absolute Gasteiger partial charge is 0.731 e. The number of amides is 3. The van der Waals surface area contributed by atoms with Crippen LogP contribution in [0.15, 0.2) is 10.5 Å². The van der Waals surface area contributed by atoms with Crippen molar-refractivity contribution in [3.63, 3.8) is 0 Å². The van der Waals surface area contributed by atoms with Crippen molar-refractivity contribution < 1.29 is 101 Å². The number of rotatable bonds is 9. The van der Waals surface area contributed by atoms with E-state index in [2.05, 4.69) is 20.3 Å². The van der Waals surface area contributed by atoms with Gasteiger partial charge in [0, 0.05) is 25.2 Å². The molecule has 3 N–H and O–H groups in total. The molecule has 20 heteroatoms. The van der Waals surface area contributed by atoms with Crippen LogP contribution in [0.1, 0.15) is 5.69 Å². The zero-order valence-electron chi connectivity index (χ0n) is 18.4. The van der Waals surface area contributed by atoms with Crippen LogP contribution in [0.3, 0.4) is 0 Å². The molecule has 0 aromatic carbocycles. The van der Waals surface area contributed by atoms with Gasteiger partial charge >= 0.3 is 59.1 Å². The van der Waals surface area contributed by atoms with Gasteiger partial charge in [0.2, 0.25) is 0 Å². The second kappa shape index (κ2) is 14.0. The number of hydrogen-bond donors (Lipinski definition) is 2. The third-order valence-corrected chi connectivity index (χ3v) is 6.48. The van der Waals surface area contributed by atoms with Crippen LogP contribution in [0.4, 0.5) is 9.93 Å². The van der Waals surface area contributed by atoms with E-state index in [4.69, 9.17) is 5.73 Å². The second-order valence-electron chi connectivity index (χ2n) is 6.24. The standard InChI is InChI=1S/C14H18N6O9S3.2Na/c1-19(2)14(25)31-5-7-10(12(24)20(7)32(26,27)28)17-11(23)9(18-29-3-8(21)22)6-4-30-13(15)16-6;;/h4,7,10H,3,5H2,1-2H3,(H2,15,16)(H,17,23)(H,21,22)(H,26,27,28);;/q;2*+1/p-2/b18-9+;;/t7-,10+;;/m1../s1. The molecule has 0 radical (unpaired) electrons. The fourth-order valence-corrected chi connectivity index (χ4v) is 4.78. The molecule has 34 heavy (non-hydrogen) atoms. The van der Waals surface area contributed by atoms with Gasteiger partial charge in [0.15, 0.2) is 27.8 Å². The Kier molecular flexibility index (Phi) is 13.6. The predicted octanol–water partition coefficient (Wildman–Crippen LogP) is -9.23. The SMILES string of the molecule is CN(C)C(=O)SC[C@@H]1[C@H](NC(=O)/C(=N/OCC(=O)[O-])c2csc(N)n2)C(=O)N1S(=O)(=O)[O-].[Na+].[Na+]. The van der Waals surface area contributed by atoms with Crippen LogP contribution in [-0.4, -0.2) is 94.4 Å². The summed E-state index contributed by atoms with van der Waals surface area (Å²) in [7, 11) is -2.32. The first kappa shape index (κ1) is 33.0. The zero-order chi connectivity index (χ0) is 24.2. The Labute approximate surface area is 246 Å². The van der Waals surface area contributed by atoms with Crippen molar-refractivity contribution in [2.24, 2.45) is 5.16 Å². The average Bonchev–Trinajstić information content (AvgIpc) is 3.10. The van der Waals surface area contributed by atoms with E-state index in [-0.39, 0.29) is 80.0 Å². The fraction of sp³-hybridized carbons (Fsp3) is 0.429. The number of hydrogen-bond acceptors (Lipinski definition) is 14. The third-order valence-electron chi connectivity index (χ3n) is 3.76. The minimum atomic E-state index is -5.20. The summed E-state index contributed by atoms with van der Waals surface area (Å²) in [5, 5.41) is 16.9. The van der Waals surface area contributed by atoms with Crippen LogP contribution >= 0.6 is 23.1 Å². The Bertz CT molecular complexity index is 1070. The Morgan fingerprint density at radius 3 is 2.47 bits per heavy atom. The van der Waals surface area contributed by atoms with Gasteiger partial charge in [-0.15, -0.1) is 11.3 Å². The number of aliphatic carboxylic acids is 1. The number of β-lactam (4-membered cyclic amide) rings is 1. The molecule has 1 aliphatic rings. The maximum Gasteiger partial charge on any atom is 1.00 e. The minimum Gasteiger partial charge on any atom is -0.731 e. The van der Waals surface area contributed by atoms with E-state index >= 15 is 0 Å². The number of carboxylic acids is 1. The van der Waals surface area contributed by atoms with E-state index in [1.807, 2.05) is 0 Å². The molecule has 1 aromatic heterocycles. The molecule has 1 saturated heterocycles. The van der Waals surface area contributed by atoms with Gasteiger partial charge < -0.3 is 35.2 Å². The Morgan fingerprint density at radius 1 is 1.38 bits per heavy atom. The number of thioether (sulfide) groups is 1. The van der Waals surface area contributed by atoms with Crippen molar-refractivity contribution in [3.05, 3.63) is 11.1 Å².